The maximum atomic E-state index is 11.9. The monoisotopic (exact) mass is 305 g/mol. The molecule has 1 heterocycles. The van der Waals surface area contributed by atoms with Gasteiger partial charge in [-0.25, -0.2) is 4.79 Å². The molecule has 1 unspecified atom stereocenters. The Labute approximate surface area is 132 Å². The van der Waals surface area contributed by atoms with Gasteiger partial charge in [0.15, 0.2) is 0 Å². The highest BCUT2D eigenvalue weighted by atomic mass is 16.6. The lowest BCUT2D eigenvalue weighted by molar-refractivity contribution is 0.0636. The van der Waals surface area contributed by atoms with E-state index in [9.17, 15) is 4.79 Å². The number of benzene rings is 1. The van der Waals surface area contributed by atoms with E-state index in [1.54, 1.807) is 0 Å². The number of piperidine rings is 1. The van der Waals surface area contributed by atoms with Crippen molar-refractivity contribution in [2.75, 3.05) is 23.7 Å². The standard InChI is InChI=1S/C17H27N3O2/c1-17(2,3)22-16(21)20-15-10-5-4-9-14(15)19-12-13-8-6-7-11-18-13/h4-5,9-10,13,18-19H,6-8,11-12H2,1-3H3,(H,20,21). The van der Waals surface area contributed by atoms with Crippen molar-refractivity contribution in [2.24, 2.45) is 0 Å². The van der Waals surface area contributed by atoms with Crippen molar-refractivity contribution >= 4 is 17.5 Å². The molecule has 1 amide bonds. The van der Waals surface area contributed by atoms with Crippen molar-refractivity contribution in [3.8, 4) is 0 Å². The van der Waals surface area contributed by atoms with Gasteiger partial charge in [0.2, 0.25) is 0 Å². The second-order valence-corrected chi connectivity index (χ2v) is 6.70. The SMILES string of the molecule is CC(C)(C)OC(=O)Nc1ccccc1NCC1CCCCN1. The summed E-state index contributed by atoms with van der Waals surface area (Å²) in [5, 5.41) is 9.74. The smallest absolute Gasteiger partial charge is 0.412 e. The van der Waals surface area contributed by atoms with Crippen molar-refractivity contribution < 1.29 is 9.53 Å². The first-order chi connectivity index (χ1) is 10.4. The van der Waals surface area contributed by atoms with Crippen molar-refractivity contribution in [3.63, 3.8) is 0 Å². The number of ether oxygens (including phenoxy) is 1. The molecule has 5 heteroatoms. The number of hydrogen-bond donors (Lipinski definition) is 3. The van der Waals surface area contributed by atoms with Crippen LogP contribution in [0, 0.1) is 0 Å². The van der Waals surface area contributed by atoms with Gasteiger partial charge >= 0.3 is 6.09 Å². The number of amides is 1. The van der Waals surface area contributed by atoms with Gasteiger partial charge in [0.05, 0.1) is 11.4 Å². The van der Waals surface area contributed by atoms with Crippen LogP contribution in [0.15, 0.2) is 24.3 Å². The van der Waals surface area contributed by atoms with Crippen LogP contribution in [0.4, 0.5) is 16.2 Å². The third kappa shape index (κ3) is 5.56. The minimum Gasteiger partial charge on any atom is -0.444 e. The fourth-order valence-corrected chi connectivity index (χ4v) is 2.49. The van der Waals surface area contributed by atoms with Gasteiger partial charge in [-0.1, -0.05) is 18.6 Å². The van der Waals surface area contributed by atoms with Crippen LogP contribution in [0.2, 0.25) is 0 Å². The highest BCUT2D eigenvalue weighted by molar-refractivity contribution is 5.89. The molecule has 0 saturated carbocycles. The highest BCUT2D eigenvalue weighted by Gasteiger charge is 2.17. The zero-order chi connectivity index (χ0) is 16.0. The quantitative estimate of drug-likeness (QED) is 0.795. The molecule has 1 saturated heterocycles. The molecule has 0 bridgehead atoms. The molecule has 1 fully saturated rings. The Hall–Kier alpha value is -1.75. The Kier molecular flexibility index (Phi) is 5.66. The van der Waals surface area contributed by atoms with Crippen molar-refractivity contribution in [2.45, 2.75) is 51.7 Å². The highest BCUT2D eigenvalue weighted by Crippen LogP contribution is 2.22. The average molecular weight is 305 g/mol. The Balaban J connectivity index is 1.92. The minimum absolute atomic E-state index is 0.433. The van der Waals surface area contributed by atoms with E-state index in [0.29, 0.717) is 6.04 Å². The van der Waals surface area contributed by atoms with Gasteiger partial charge < -0.3 is 15.4 Å². The first-order valence-corrected chi connectivity index (χ1v) is 8.00. The Morgan fingerprint density at radius 3 is 2.64 bits per heavy atom. The molecule has 1 aromatic carbocycles. The van der Waals surface area contributed by atoms with Crippen molar-refractivity contribution in [1.82, 2.24) is 5.32 Å². The van der Waals surface area contributed by atoms with Crippen molar-refractivity contribution in [3.05, 3.63) is 24.3 Å². The van der Waals surface area contributed by atoms with E-state index in [-0.39, 0.29) is 0 Å². The second-order valence-electron chi connectivity index (χ2n) is 6.70. The summed E-state index contributed by atoms with van der Waals surface area (Å²) in [5.74, 6) is 0. The van der Waals surface area contributed by atoms with E-state index in [0.717, 1.165) is 24.5 Å². The Morgan fingerprint density at radius 1 is 1.27 bits per heavy atom. The van der Waals surface area contributed by atoms with Crippen LogP contribution in [0.1, 0.15) is 40.0 Å². The predicted octanol–water partition coefficient (Wildman–Crippen LogP) is 3.59. The van der Waals surface area contributed by atoms with Gasteiger partial charge in [-0.05, 0) is 52.3 Å². The fourth-order valence-electron chi connectivity index (χ4n) is 2.49. The summed E-state index contributed by atoms with van der Waals surface area (Å²) in [6.07, 6.45) is 3.29. The zero-order valence-corrected chi connectivity index (χ0v) is 13.7. The van der Waals surface area contributed by atoms with Crippen LogP contribution in [0.25, 0.3) is 0 Å². The second kappa shape index (κ2) is 7.49. The average Bonchev–Trinajstić information content (AvgIpc) is 2.45. The van der Waals surface area contributed by atoms with Gasteiger partial charge in [-0.2, -0.15) is 0 Å². The number of anilines is 2. The molecular weight excluding hydrogens is 278 g/mol. The summed E-state index contributed by atoms with van der Waals surface area (Å²) >= 11 is 0. The predicted molar refractivity (Wildman–Crippen MR) is 90.4 cm³/mol. The first-order valence-electron chi connectivity index (χ1n) is 8.00. The molecule has 22 heavy (non-hydrogen) atoms. The molecular formula is C17H27N3O2. The third-order valence-corrected chi connectivity index (χ3v) is 3.51. The van der Waals surface area contributed by atoms with Crippen LogP contribution in [-0.4, -0.2) is 30.8 Å². The summed E-state index contributed by atoms with van der Waals surface area (Å²) in [6, 6.07) is 8.19. The molecule has 3 N–H and O–H groups in total. The van der Waals surface area contributed by atoms with Gasteiger partial charge in [0, 0.05) is 12.6 Å². The zero-order valence-electron chi connectivity index (χ0n) is 13.7. The normalized spacial score (nSPS) is 18.6. The van der Waals surface area contributed by atoms with Crippen LogP contribution < -0.4 is 16.0 Å². The molecule has 1 atom stereocenters. The summed E-state index contributed by atoms with van der Waals surface area (Å²) in [4.78, 5) is 11.9. The third-order valence-electron chi connectivity index (χ3n) is 3.51. The summed E-state index contributed by atoms with van der Waals surface area (Å²) in [5.41, 5.74) is 1.16. The molecule has 0 aliphatic carbocycles. The molecule has 0 radical (unpaired) electrons. The maximum absolute atomic E-state index is 11.9. The molecule has 0 aromatic heterocycles. The largest absolute Gasteiger partial charge is 0.444 e. The molecule has 122 valence electrons. The number of nitrogens with one attached hydrogen (secondary N) is 3. The summed E-state index contributed by atoms with van der Waals surface area (Å²) in [7, 11) is 0. The van der Waals surface area contributed by atoms with E-state index < -0.39 is 11.7 Å². The number of rotatable bonds is 4. The number of para-hydroxylation sites is 2. The van der Waals surface area contributed by atoms with Gasteiger partial charge in [-0.15, -0.1) is 0 Å². The van der Waals surface area contributed by atoms with Crippen LogP contribution >= 0.6 is 0 Å². The van der Waals surface area contributed by atoms with E-state index in [1.807, 2.05) is 45.0 Å². The fraction of sp³-hybridized carbons (Fsp3) is 0.588. The molecule has 0 spiro atoms. The number of hydrogen-bond acceptors (Lipinski definition) is 4. The van der Waals surface area contributed by atoms with E-state index >= 15 is 0 Å². The Morgan fingerprint density at radius 2 is 2.00 bits per heavy atom. The number of carbonyl (C=O) groups excluding carboxylic acids is 1. The van der Waals surface area contributed by atoms with Crippen LogP contribution in [0.3, 0.4) is 0 Å². The molecule has 5 nitrogen and oxygen atoms in total. The summed E-state index contributed by atoms with van der Waals surface area (Å²) in [6.45, 7) is 7.50. The maximum Gasteiger partial charge on any atom is 0.412 e. The van der Waals surface area contributed by atoms with E-state index in [2.05, 4.69) is 16.0 Å². The topological polar surface area (TPSA) is 62.4 Å². The number of carbonyl (C=O) groups is 1. The Bertz CT molecular complexity index is 491. The molecule has 2 rings (SSSR count). The van der Waals surface area contributed by atoms with Crippen LogP contribution in [-0.2, 0) is 4.74 Å². The van der Waals surface area contributed by atoms with Gasteiger partial charge in [-0.3, -0.25) is 5.32 Å². The lowest BCUT2D eigenvalue weighted by Crippen LogP contribution is -2.39. The van der Waals surface area contributed by atoms with Crippen molar-refractivity contribution in [1.29, 1.82) is 0 Å². The molecule has 1 aliphatic rings. The minimum atomic E-state index is -0.502. The molecule has 1 aliphatic heterocycles. The lowest BCUT2D eigenvalue weighted by Gasteiger charge is -2.25. The van der Waals surface area contributed by atoms with E-state index in [1.165, 1.54) is 19.3 Å². The van der Waals surface area contributed by atoms with Gasteiger partial charge in [0.1, 0.15) is 5.60 Å². The van der Waals surface area contributed by atoms with Gasteiger partial charge in [0.25, 0.3) is 0 Å². The molecule has 1 aromatic rings. The summed E-state index contributed by atoms with van der Waals surface area (Å²) < 4.78 is 5.30. The van der Waals surface area contributed by atoms with E-state index in [4.69, 9.17) is 4.74 Å². The lowest BCUT2D eigenvalue weighted by atomic mass is 10.1. The van der Waals surface area contributed by atoms with Crippen LogP contribution in [0.5, 0.6) is 0 Å². The first kappa shape index (κ1) is 16.6.